The predicted octanol–water partition coefficient (Wildman–Crippen LogP) is 4.00. The number of piperidine rings is 1. The van der Waals surface area contributed by atoms with Gasteiger partial charge in [0.1, 0.15) is 5.60 Å². The Labute approximate surface area is 187 Å². The zero-order valence-electron chi connectivity index (χ0n) is 18.1. The molecular formula is C26H27N3O3. The molecule has 2 saturated heterocycles. The van der Waals surface area contributed by atoms with Gasteiger partial charge in [-0.3, -0.25) is 9.59 Å². The van der Waals surface area contributed by atoms with Gasteiger partial charge in [0.05, 0.1) is 12.3 Å². The standard InChI is InChI=1S/C26H27N3O3/c30-23-9-4-13-29(23)19-6-3-5-18(17-19)25(31)28-14-11-26(12-15-28)24-21(10-16-32-26)20-7-1-2-8-22(20)27-24/h1-3,5-8,17,27H,4,9-16H2. The van der Waals surface area contributed by atoms with Crippen molar-refractivity contribution < 1.29 is 14.3 Å². The summed E-state index contributed by atoms with van der Waals surface area (Å²) in [5.74, 6) is 0.166. The fourth-order valence-corrected chi connectivity index (χ4v) is 5.65. The highest BCUT2D eigenvalue weighted by Gasteiger charge is 2.43. The second-order valence-corrected chi connectivity index (χ2v) is 9.11. The van der Waals surface area contributed by atoms with Gasteiger partial charge >= 0.3 is 0 Å². The van der Waals surface area contributed by atoms with E-state index in [2.05, 4.69) is 29.2 Å². The van der Waals surface area contributed by atoms with Crippen molar-refractivity contribution in [1.29, 1.82) is 0 Å². The van der Waals surface area contributed by atoms with E-state index < -0.39 is 0 Å². The van der Waals surface area contributed by atoms with E-state index >= 15 is 0 Å². The van der Waals surface area contributed by atoms with Crippen molar-refractivity contribution in [3.8, 4) is 0 Å². The van der Waals surface area contributed by atoms with Crippen LogP contribution in [0.15, 0.2) is 48.5 Å². The molecule has 6 heteroatoms. The number of carbonyl (C=O) groups is 2. The molecule has 4 heterocycles. The van der Waals surface area contributed by atoms with Gasteiger partial charge in [-0.05, 0) is 55.5 Å². The first-order chi connectivity index (χ1) is 15.6. The number of likely N-dealkylation sites (tertiary alicyclic amines) is 1. The highest BCUT2D eigenvalue weighted by molar-refractivity contribution is 5.99. The Morgan fingerprint density at radius 3 is 2.66 bits per heavy atom. The Bertz CT molecular complexity index is 1210. The van der Waals surface area contributed by atoms with Gasteiger partial charge in [0.25, 0.3) is 5.91 Å². The Hall–Kier alpha value is -3.12. The summed E-state index contributed by atoms with van der Waals surface area (Å²) < 4.78 is 6.38. The van der Waals surface area contributed by atoms with Gasteiger partial charge in [-0.15, -0.1) is 0 Å². The summed E-state index contributed by atoms with van der Waals surface area (Å²) in [5, 5.41) is 1.29. The molecule has 2 aromatic carbocycles. The molecule has 1 aromatic heterocycles. The number of H-pyrrole nitrogens is 1. The largest absolute Gasteiger partial charge is 0.368 e. The fourth-order valence-electron chi connectivity index (χ4n) is 5.65. The summed E-state index contributed by atoms with van der Waals surface area (Å²) in [6.07, 6.45) is 3.95. The van der Waals surface area contributed by atoms with Crippen molar-refractivity contribution in [2.45, 2.75) is 37.7 Å². The van der Waals surface area contributed by atoms with E-state index in [0.29, 0.717) is 31.7 Å². The lowest BCUT2D eigenvalue weighted by Crippen LogP contribution is -2.48. The number of hydrogen-bond acceptors (Lipinski definition) is 3. The molecule has 0 saturated carbocycles. The third-order valence-electron chi connectivity index (χ3n) is 7.34. The average Bonchev–Trinajstić information content (AvgIpc) is 3.44. The number of amides is 2. The van der Waals surface area contributed by atoms with Crippen LogP contribution in [0.2, 0.25) is 0 Å². The van der Waals surface area contributed by atoms with Gasteiger partial charge in [0, 0.05) is 48.2 Å². The molecule has 2 fully saturated rings. The number of fused-ring (bicyclic) bond motifs is 4. The third kappa shape index (κ3) is 3.05. The van der Waals surface area contributed by atoms with E-state index in [4.69, 9.17) is 4.74 Å². The van der Waals surface area contributed by atoms with Crippen LogP contribution >= 0.6 is 0 Å². The molecule has 3 aromatic rings. The SMILES string of the molecule is O=C(c1cccc(N2CCCC2=O)c1)N1CCC2(CC1)OCCc1c2[nH]c2ccccc12. The number of anilines is 1. The van der Waals surface area contributed by atoms with E-state index in [9.17, 15) is 9.59 Å². The molecule has 32 heavy (non-hydrogen) atoms. The zero-order chi connectivity index (χ0) is 21.7. The lowest BCUT2D eigenvalue weighted by atomic mass is 9.83. The van der Waals surface area contributed by atoms with Crippen molar-refractivity contribution in [2.75, 3.05) is 31.1 Å². The van der Waals surface area contributed by atoms with Crippen LogP contribution in [0.25, 0.3) is 10.9 Å². The van der Waals surface area contributed by atoms with Crippen molar-refractivity contribution in [1.82, 2.24) is 9.88 Å². The van der Waals surface area contributed by atoms with Crippen LogP contribution in [-0.4, -0.2) is 47.9 Å². The highest BCUT2D eigenvalue weighted by Crippen LogP contribution is 2.43. The van der Waals surface area contributed by atoms with Crippen molar-refractivity contribution in [3.05, 3.63) is 65.4 Å². The fraction of sp³-hybridized carbons (Fsp3) is 0.385. The Morgan fingerprint density at radius 2 is 1.84 bits per heavy atom. The van der Waals surface area contributed by atoms with Crippen LogP contribution in [0.1, 0.15) is 47.3 Å². The minimum Gasteiger partial charge on any atom is -0.368 e. The normalized spacial score (nSPS) is 20.2. The number of ether oxygens (including phenoxy) is 1. The molecule has 0 bridgehead atoms. The molecule has 164 valence electrons. The van der Waals surface area contributed by atoms with E-state index in [1.165, 1.54) is 16.6 Å². The topological polar surface area (TPSA) is 65.6 Å². The quantitative estimate of drug-likeness (QED) is 0.670. The summed E-state index contributed by atoms with van der Waals surface area (Å²) in [6, 6.07) is 16.0. The molecule has 0 unspecified atom stereocenters. The minimum atomic E-state index is -0.340. The average molecular weight is 430 g/mol. The summed E-state index contributed by atoms with van der Waals surface area (Å²) in [7, 11) is 0. The van der Waals surface area contributed by atoms with Crippen LogP contribution in [0.5, 0.6) is 0 Å². The van der Waals surface area contributed by atoms with E-state index in [1.807, 2.05) is 29.2 Å². The van der Waals surface area contributed by atoms with Crippen LogP contribution in [0, 0.1) is 0 Å². The van der Waals surface area contributed by atoms with E-state index in [0.717, 1.165) is 43.4 Å². The smallest absolute Gasteiger partial charge is 0.253 e. The van der Waals surface area contributed by atoms with Crippen molar-refractivity contribution in [2.24, 2.45) is 0 Å². The zero-order valence-corrected chi connectivity index (χ0v) is 18.1. The van der Waals surface area contributed by atoms with Crippen LogP contribution in [0.4, 0.5) is 5.69 Å². The first kappa shape index (κ1) is 19.6. The number of nitrogens with zero attached hydrogens (tertiary/aromatic N) is 2. The number of aromatic nitrogens is 1. The molecule has 3 aliphatic heterocycles. The Morgan fingerprint density at radius 1 is 1.00 bits per heavy atom. The molecule has 3 aliphatic rings. The number of carbonyl (C=O) groups excluding carboxylic acids is 2. The minimum absolute atomic E-state index is 0.0287. The first-order valence-corrected chi connectivity index (χ1v) is 11.6. The van der Waals surface area contributed by atoms with Gasteiger partial charge in [0.2, 0.25) is 5.91 Å². The van der Waals surface area contributed by atoms with Crippen molar-refractivity contribution >= 4 is 28.4 Å². The maximum atomic E-state index is 13.3. The molecular weight excluding hydrogens is 402 g/mol. The molecule has 1 spiro atoms. The van der Waals surface area contributed by atoms with Gasteiger partial charge < -0.3 is 19.5 Å². The second-order valence-electron chi connectivity index (χ2n) is 9.11. The molecule has 2 amide bonds. The number of nitrogens with one attached hydrogen (secondary N) is 1. The Kier molecular flexibility index (Phi) is 4.57. The maximum Gasteiger partial charge on any atom is 0.253 e. The van der Waals surface area contributed by atoms with Gasteiger partial charge in [-0.25, -0.2) is 0 Å². The molecule has 0 radical (unpaired) electrons. The predicted molar refractivity (Wildman–Crippen MR) is 123 cm³/mol. The van der Waals surface area contributed by atoms with Crippen LogP contribution in [-0.2, 0) is 21.6 Å². The molecule has 6 nitrogen and oxygen atoms in total. The van der Waals surface area contributed by atoms with Crippen LogP contribution < -0.4 is 4.90 Å². The second kappa shape index (κ2) is 7.48. The molecule has 0 aliphatic carbocycles. The van der Waals surface area contributed by atoms with E-state index in [1.54, 1.807) is 4.90 Å². The highest BCUT2D eigenvalue weighted by atomic mass is 16.5. The summed E-state index contributed by atoms with van der Waals surface area (Å²) in [6.45, 7) is 2.75. The molecule has 1 N–H and O–H groups in total. The van der Waals surface area contributed by atoms with Crippen molar-refractivity contribution in [3.63, 3.8) is 0 Å². The number of aromatic amines is 1. The summed E-state index contributed by atoms with van der Waals surface area (Å²) >= 11 is 0. The van der Waals surface area contributed by atoms with Gasteiger partial charge in [-0.2, -0.15) is 0 Å². The maximum absolute atomic E-state index is 13.3. The lowest BCUT2D eigenvalue weighted by molar-refractivity contribution is -0.117. The first-order valence-electron chi connectivity index (χ1n) is 11.6. The molecule has 0 atom stereocenters. The summed E-state index contributed by atoms with van der Waals surface area (Å²) in [4.78, 5) is 32.7. The van der Waals surface area contributed by atoms with Gasteiger partial charge in [-0.1, -0.05) is 24.3 Å². The molecule has 6 rings (SSSR count). The number of benzene rings is 2. The van der Waals surface area contributed by atoms with E-state index in [-0.39, 0.29) is 17.4 Å². The summed E-state index contributed by atoms with van der Waals surface area (Å²) in [5.41, 5.74) is 4.86. The lowest BCUT2D eigenvalue weighted by Gasteiger charge is -2.43. The van der Waals surface area contributed by atoms with Gasteiger partial charge in [0.15, 0.2) is 0 Å². The Balaban J connectivity index is 1.22. The third-order valence-corrected chi connectivity index (χ3v) is 7.34. The number of rotatable bonds is 2. The number of hydrogen-bond donors (Lipinski definition) is 1. The monoisotopic (exact) mass is 429 g/mol. The van der Waals surface area contributed by atoms with Crippen LogP contribution in [0.3, 0.4) is 0 Å². The number of para-hydroxylation sites is 1.